The molecule has 7 aromatic heterocycles. The lowest BCUT2D eigenvalue weighted by Crippen LogP contribution is -2.57. The molecule has 0 saturated carbocycles. The van der Waals surface area contributed by atoms with Gasteiger partial charge in [-0.3, -0.25) is 19.9 Å². The first kappa shape index (κ1) is 39.0. The maximum atomic E-state index is 5.04. The molecule has 61 heavy (non-hydrogen) atoms. The monoisotopic (exact) mass is 792 g/mol. The van der Waals surface area contributed by atoms with Gasteiger partial charge in [-0.15, -0.1) is 11.8 Å². The molecule has 9 heteroatoms. The van der Waals surface area contributed by atoms with Crippen molar-refractivity contribution >= 4 is 17.7 Å². The summed E-state index contributed by atoms with van der Waals surface area (Å²) in [6, 6.07) is 31.5. The van der Waals surface area contributed by atoms with Gasteiger partial charge in [-0.05, 0) is 130 Å². The summed E-state index contributed by atoms with van der Waals surface area (Å²) >= 11 is 0. The molecule has 0 saturated heterocycles. The maximum absolute atomic E-state index is 5.04. The van der Waals surface area contributed by atoms with Crippen LogP contribution >= 0.6 is 0 Å². The van der Waals surface area contributed by atoms with E-state index in [2.05, 4.69) is 101 Å². The molecule has 0 unspecified atom stereocenters. The Labute approximate surface area is 357 Å². The van der Waals surface area contributed by atoms with E-state index in [9.17, 15) is 0 Å². The Hall–Kier alpha value is -7.49. The van der Waals surface area contributed by atoms with Gasteiger partial charge < -0.3 is 8.96 Å². The molecule has 0 atom stereocenters. The fourth-order valence-electron chi connectivity index (χ4n) is 9.39. The van der Waals surface area contributed by atoms with E-state index in [1.807, 2.05) is 97.1 Å². The predicted octanol–water partition coefficient (Wildman–Crippen LogP) is 10.1. The van der Waals surface area contributed by atoms with Gasteiger partial charge in [-0.2, -0.15) is 11.6 Å². The number of fused-ring (bicyclic) bond motifs is 2. The molecule has 0 N–H and O–H groups in total. The van der Waals surface area contributed by atoms with E-state index < -0.39 is 6.42 Å². The van der Waals surface area contributed by atoms with Gasteiger partial charge >= 0.3 is 6.42 Å². The van der Waals surface area contributed by atoms with Crippen LogP contribution in [0, 0.1) is 37.3 Å². The largest absolute Gasteiger partial charge is 0.520 e. The quantitative estimate of drug-likeness (QED) is 0.123. The van der Waals surface area contributed by atoms with Crippen molar-refractivity contribution in [3.63, 3.8) is 0 Å². The zero-order valence-corrected chi connectivity index (χ0v) is 35.6. The fraction of sp³-hybridized carbons (Fsp3) is 0.173. The first-order valence-electron chi connectivity index (χ1n) is 20.9. The standard InChI is InChI=1S/C52H45BN8/c1-8-41-34(3)51-36(5)52-35(4)42(9-2)38(7)61(52)53(60(51)37(41)6,24-22-39-30-47(43-18-10-14-26-54-43)58-48(31-39)44-19-11-15-27-55-44)25-23-40-32-49(45-20-12-16-28-56-45)59-50(33-40)46-21-13-17-29-57-46/h10-21,26-33H,8-9H2,1-7H3. The highest BCUT2D eigenvalue weighted by Gasteiger charge is 2.51. The molecule has 2 aliphatic heterocycles. The number of allylic oxidation sites excluding steroid dienone is 3. The van der Waals surface area contributed by atoms with Crippen LogP contribution in [0.5, 0.6) is 0 Å². The molecule has 0 spiro atoms. The summed E-state index contributed by atoms with van der Waals surface area (Å²) in [6.45, 7) is 15.7. The van der Waals surface area contributed by atoms with E-state index in [1.165, 1.54) is 50.6 Å². The number of aromatic nitrogens is 7. The Kier molecular flexibility index (Phi) is 10.2. The summed E-state index contributed by atoms with van der Waals surface area (Å²) in [6.07, 6.45) is 6.72. The zero-order valence-electron chi connectivity index (χ0n) is 35.6. The van der Waals surface area contributed by atoms with Crippen molar-refractivity contribution in [1.29, 1.82) is 0 Å². The molecular formula is C52H45BN8. The molecule has 9 heterocycles. The Morgan fingerprint density at radius 3 is 1.33 bits per heavy atom. The Morgan fingerprint density at radius 2 is 0.967 bits per heavy atom. The topological polar surface area (TPSA) is 85.3 Å². The van der Waals surface area contributed by atoms with E-state index in [1.54, 1.807) is 24.8 Å². The smallest absolute Gasteiger partial charge is 0.435 e. The molecule has 9 rings (SSSR count). The summed E-state index contributed by atoms with van der Waals surface area (Å²) in [5, 5.41) is 0. The normalized spacial score (nSPS) is 14.0. The third-order valence-electron chi connectivity index (χ3n) is 12.1. The van der Waals surface area contributed by atoms with Crippen molar-refractivity contribution in [1.82, 2.24) is 34.4 Å². The molecule has 2 aliphatic rings. The molecule has 0 bridgehead atoms. The summed E-state index contributed by atoms with van der Waals surface area (Å²) in [5.74, 6) is 15.4. The number of hydrogen-bond donors (Lipinski definition) is 0. The third-order valence-corrected chi connectivity index (χ3v) is 12.1. The molecule has 7 aromatic rings. The van der Waals surface area contributed by atoms with Crippen LogP contribution in [0.1, 0.15) is 74.7 Å². The second kappa shape index (κ2) is 15.9. The van der Waals surface area contributed by atoms with Crippen LogP contribution in [-0.4, -0.2) is 51.0 Å². The molecule has 0 radical (unpaired) electrons. The highest BCUT2D eigenvalue weighted by molar-refractivity contribution is 6.87. The summed E-state index contributed by atoms with van der Waals surface area (Å²) in [7, 11) is 0. The van der Waals surface area contributed by atoms with E-state index in [0.717, 1.165) is 69.5 Å². The highest BCUT2D eigenvalue weighted by atomic mass is 15.2. The number of hydrogen-bond acceptors (Lipinski definition) is 6. The minimum atomic E-state index is -2.21. The number of rotatable bonds is 6. The van der Waals surface area contributed by atoms with Crippen LogP contribution in [-0.2, 0) is 6.42 Å². The fourth-order valence-corrected chi connectivity index (χ4v) is 9.39. The minimum absolute atomic E-state index is 0.721. The van der Waals surface area contributed by atoms with Gasteiger partial charge in [0.1, 0.15) is 5.71 Å². The van der Waals surface area contributed by atoms with Crippen molar-refractivity contribution in [2.24, 2.45) is 0 Å². The van der Waals surface area contributed by atoms with Crippen molar-refractivity contribution in [3.8, 4) is 69.0 Å². The molecule has 8 nitrogen and oxygen atoms in total. The lowest BCUT2D eigenvalue weighted by Gasteiger charge is -2.38. The van der Waals surface area contributed by atoms with Crippen molar-refractivity contribution in [3.05, 3.63) is 172 Å². The SMILES string of the molecule is CCC1=C(C)C2=C(C)c3c(C)c(CC)c(C)n3[B-](C#Cc3cc(-c4ccccn4)nc(-c4ccccn4)c3)(C#Cc3cc(-c4ccccn4)nc(-c4ccccn4)c3)[N+]2=C1C. The van der Waals surface area contributed by atoms with Crippen molar-refractivity contribution in [2.75, 3.05) is 0 Å². The predicted molar refractivity (Wildman–Crippen MR) is 246 cm³/mol. The molecule has 0 fully saturated rings. The minimum Gasteiger partial charge on any atom is -0.435 e. The molecular weight excluding hydrogens is 747 g/mol. The second-order valence-electron chi connectivity index (χ2n) is 15.6. The Balaban J connectivity index is 1.36. The Bertz CT molecular complexity index is 2830. The lowest BCUT2D eigenvalue weighted by atomic mass is 9.45. The van der Waals surface area contributed by atoms with Gasteiger partial charge in [0.25, 0.3) is 0 Å². The molecule has 0 aromatic carbocycles. The first-order chi connectivity index (χ1) is 29.7. The van der Waals surface area contributed by atoms with E-state index >= 15 is 0 Å². The van der Waals surface area contributed by atoms with Crippen molar-refractivity contribution < 1.29 is 4.49 Å². The average Bonchev–Trinajstić information content (AvgIpc) is 3.73. The van der Waals surface area contributed by atoms with Gasteiger partial charge in [0.15, 0.2) is 5.70 Å². The summed E-state index contributed by atoms with van der Waals surface area (Å²) < 4.78 is 4.92. The van der Waals surface area contributed by atoms with E-state index in [-0.39, 0.29) is 0 Å². The first-order valence-corrected chi connectivity index (χ1v) is 20.9. The van der Waals surface area contributed by atoms with Crippen LogP contribution in [0.4, 0.5) is 0 Å². The van der Waals surface area contributed by atoms with Gasteiger partial charge in [0, 0.05) is 65.3 Å². The van der Waals surface area contributed by atoms with Crippen LogP contribution < -0.4 is 0 Å². The lowest BCUT2D eigenvalue weighted by molar-refractivity contribution is -0.330. The van der Waals surface area contributed by atoms with Crippen LogP contribution in [0.25, 0.3) is 51.1 Å². The van der Waals surface area contributed by atoms with Crippen LogP contribution in [0.2, 0.25) is 0 Å². The average molecular weight is 793 g/mol. The van der Waals surface area contributed by atoms with Gasteiger partial charge in [-0.1, -0.05) is 38.1 Å². The van der Waals surface area contributed by atoms with E-state index in [4.69, 9.17) is 9.97 Å². The Morgan fingerprint density at radius 1 is 0.541 bits per heavy atom. The summed E-state index contributed by atoms with van der Waals surface area (Å²) in [4.78, 5) is 28.8. The second-order valence-corrected chi connectivity index (χ2v) is 15.6. The van der Waals surface area contributed by atoms with E-state index in [0.29, 0.717) is 0 Å². The summed E-state index contributed by atoms with van der Waals surface area (Å²) in [5.41, 5.74) is 18.6. The molecule has 0 aliphatic carbocycles. The van der Waals surface area contributed by atoms with Gasteiger partial charge in [-0.25, -0.2) is 9.97 Å². The maximum Gasteiger partial charge on any atom is 0.520 e. The number of pyridine rings is 6. The van der Waals surface area contributed by atoms with Crippen molar-refractivity contribution in [2.45, 2.75) is 61.3 Å². The number of nitrogens with zero attached hydrogens (tertiary/aromatic N) is 8. The molecule has 296 valence electrons. The third kappa shape index (κ3) is 6.79. The zero-order chi connectivity index (χ0) is 42.3. The van der Waals surface area contributed by atoms with Gasteiger partial charge in [0.2, 0.25) is 0 Å². The van der Waals surface area contributed by atoms with Crippen LogP contribution in [0.15, 0.2) is 139 Å². The molecule has 0 amide bonds. The van der Waals surface area contributed by atoms with Gasteiger partial charge in [0.05, 0.1) is 45.6 Å². The highest BCUT2D eigenvalue weighted by Crippen LogP contribution is 2.44. The van der Waals surface area contributed by atoms with Crippen LogP contribution in [0.3, 0.4) is 0 Å².